The van der Waals surface area contributed by atoms with Crippen molar-refractivity contribution < 1.29 is 26.4 Å². The zero-order valence-electron chi connectivity index (χ0n) is 16.6. The van der Waals surface area contributed by atoms with Crippen LogP contribution in [-0.4, -0.2) is 38.2 Å². The summed E-state index contributed by atoms with van der Waals surface area (Å²) in [6.45, 7) is 0.507. The summed E-state index contributed by atoms with van der Waals surface area (Å²) in [5.74, 6) is -1.02. The smallest absolute Gasteiger partial charge is 0.355 e. The second-order valence-corrected chi connectivity index (χ2v) is 9.94. The lowest BCUT2D eigenvalue weighted by atomic mass is 9.95. The molecule has 2 atom stereocenters. The van der Waals surface area contributed by atoms with Crippen molar-refractivity contribution >= 4 is 21.6 Å². The number of rotatable bonds is 3. The summed E-state index contributed by atoms with van der Waals surface area (Å²) in [5.41, 5.74) is -0.263. The number of aromatic nitrogens is 1. The molecule has 3 heterocycles. The van der Waals surface area contributed by atoms with Crippen LogP contribution in [0.5, 0.6) is 0 Å². The largest absolute Gasteiger partial charge is 0.419 e. The maximum Gasteiger partial charge on any atom is 0.419 e. The Morgan fingerprint density at radius 2 is 1.90 bits per heavy atom. The SMILES string of the molecule is O=C(NC1CCS(=O)(=O)c2ccccc21)C1CCCN(c2ncccc2C(F)(F)F)C1. The number of piperidine rings is 1. The van der Waals surface area contributed by atoms with Crippen LogP contribution in [0.3, 0.4) is 0 Å². The van der Waals surface area contributed by atoms with E-state index in [0.717, 1.165) is 6.07 Å². The first-order valence-electron chi connectivity index (χ1n) is 10.1. The monoisotopic (exact) mass is 453 g/mol. The van der Waals surface area contributed by atoms with Crippen LogP contribution in [0.1, 0.15) is 36.4 Å². The number of hydrogen-bond acceptors (Lipinski definition) is 5. The number of benzene rings is 1. The van der Waals surface area contributed by atoms with Crippen LogP contribution in [0, 0.1) is 5.92 Å². The molecular formula is C21H22F3N3O3S. The normalized spacial score (nSPS) is 23.1. The second kappa shape index (κ2) is 8.14. The van der Waals surface area contributed by atoms with Gasteiger partial charge in [-0.25, -0.2) is 13.4 Å². The van der Waals surface area contributed by atoms with Gasteiger partial charge in [-0.3, -0.25) is 4.79 Å². The number of carbonyl (C=O) groups is 1. The number of hydrogen-bond donors (Lipinski definition) is 1. The zero-order chi connectivity index (χ0) is 22.2. The van der Waals surface area contributed by atoms with Gasteiger partial charge in [0.25, 0.3) is 0 Å². The van der Waals surface area contributed by atoms with Gasteiger partial charge in [-0.1, -0.05) is 18.2 Å². The fraction of sp³-hybridized carbons (Fsp3) is 0.429. The van der Waals surface area contributed by atoms with Crippen molar-refractivity contribution in [3.63, 3.8) is 0 Å². The van der Waals surface area contributed by atoms with Crippen molar-refractivity contribution in [1.82, 2.24) is 10.3 Å². The van der Waals surface area contributed by atoms with E-state index in [1.165, 1.54) is 23.2 Å². The van der Waals surface area contributed by atoms with Crippen molar-refractivity contribution in [2.45, 2.75) is 36.4 Å². The molecule has 10 heteroatoms. The number of nitrogens with zero attached hydrogens (tertiary/aromatic N) is 2. The highest BCUT2D eigenvalue weighted by Gasteiger charge is 2.38. The summed E-state index contributed by atoms with van der Waals surface area (Å²) in [6.07, 6.45) is -1.85. The minimum Gasteiger partial charge on any atom is -0.355 e. The van der Waals surface area contributed by atoms with Crippen molar-refractivity contribution in [2.75, 3.05) is 23.7 Å². The van der Waals surface area contributed by atoms with E-state index in [1.807, 2.05) is 0 Å². The average molecular weight is 453 g/mol. The molecule has 0 saturated carbocycles. The quantitative estimate of drug-likeness (QED) is 0.771. The fourth-order valence-corrected chi connectivity index (χ4v) is 5.90. The summed E-state index contributed by atoms with van der Waals surface area (Å²) in [6, 6.07) is 8.38. The van der Waals surface area contributed by atoms with Crippen LogP contribution in [0.4, 0.5) is 19.0 Å². The van der Waals surface area contributed by atoms with Crippen LogP contribution in [0.2, 0.25) is 0 Å². The van der Waals surface area contributed by atoms with Gasteiger partial charge in [-0.2, -0.15) is 13.2 Å². The van der Waals surface area contributed by atoms with Gasteiger partial charge in [0.1, 0.15) is 5.82 Å². The molecule has 4 rings (SSSR count). The minimum atomic E-state index is -4.53. The Hall–Kier alpha value is -2.62. The van der Waals surface area contributed by atoms with Gasteiger partial charge in [0.2, 0.25) is 5.91 Å². The van der Waals surface area contributed by atoms with E-state index in [9.17, 15) is 26.4 Å². The number of amides is 1. The van der Waals surface area contributed by atoms with E-state index < -0.39 is 33.5 Å². The average Bonchev–Trinajstić information content (AvgIpc) is 2.75. The summed E-state index contributed by atoms with van der Waals surface area (Å²) in [5, 5.41) is 2.93. The Bertz CT molecular complexity index is 1090. The molecule has 1 amide bonds. The highest BCUT2D eigenvalue weighted by Crippen LogP contribution is 2.37. The first-order chi connectivity index (χ1) is 14.7. The predicted octanol–water partition coefficient (Wildman–Crippen LogP) is 3.35. The van der Waals surface area contributed by atoms with Crippen molar-refractivity contribution in [3.05, 3.63) is 53.7 Å². The van der Waals surface area contributed by atoms with E-state index in [0.29, 0.717) is 24.9 Å². The van der Waals surface area contributed by atoms with Gasteiger partial charge in [0.05, 0.1) is 28.2 Å². The molecule has 0 bridgehead atoms. The van der Waals surface area contributed by atoms with Gasteiger partial charge in [0, 0.05) is 19.3 Å². The third-order valence-corrected chi connectivity index (χ3v) is 7.62. The van der Waals surface area contributed by atoms with Gasteiger partial charge in [-0.05, 0) is 43.0 Å². The molecule has 0 aliphatic carbocycles. The number of anilines is 1. The van der Waals surface area contributed by atoms with Crippen LogP contribution in [0.15, 0.2) is 47.5 Å². The number of pyridine rings is 1. The molecule has 6 nitrogen and oxygen atoms in total. The van der Waals surface area contributed by atoms with Crippen molar-refractivity contribution in [3.8, 4) is 0 Å². The Morgan fingerprint density at radius 1 is 1.13 bits per heavy atom. The van der Waals surface area contributed by atoms with Gasteiger partial charge in [-0.15, -0.1) is 0 Å². The van der Waals surface area contributed by atoms with Crippen LogP contribution in [-0.2, 0) is 20.8 Å². The maximum absolute atomic E-state index is 13.4. The van der Waals surface area contributed by atoms with E-state index in [1.54, 1.807) is 18.2 Å². The number of carbonyl (C=O) groups excluding carboxylic acids is 1. The number of sulfone groups is 1. The van der Waals surface area contributed by atoms with Gasteiger partial charge >= 0.3 is 6.18 Å². The molecular weight excluding hydrogens is 431 g/mol. The Balaban J connectivity index is 1.51. The van der Waals surface area contributed by atoms with E-state index >= 15 is 0 Å². The van der Waals surface area contributed by atoms with E-state index in [-0.39, 0.29) is 35.3 Å². The lowest BCUT2D eigenvalue weighted by Gasteiger charge is -2.35. The zero-order valence-corrected chi connectivity index (χ0v) is 17.4. The fourth-order valence-electron chi connectivity index (χ4n) is 4.28. The highest BCUT2D eigenvalue weighted by molar-refractivity contribution is 7.91. The topological polar surface area (TPSA) is 79.4 Å². The third-order valence-electron chi connectivity index (χ3n) is 5.81. The van der Waals surface area contributed by atoms with Crippen LogP contribution < -0.4 is 10.2 Å². The lowest BCUT2D eigenvalue weighted by Crippen LogP contribution is -2.45. The first kappa shape index (κ1) is 21.6. The molecule has 0 spiro atoms. The summed E-state index contributed by atoms with van der Waals surface area (Å²) in [7, 11) is -3.37. The van der Waals surface area contributed by atoms with Crippen molar-refractivity contribution in [1.29, 1.82) is 0 Å². The minimum absolute atomic E-state index is 0.0609. The number of alkyl halides is 3. The molecule has 1 N–H and O–H groups in total. The molecule has 31 heavy (non-hydrogen) atoms. The summed E-state index contributed by atoms with van der Waals surface area (Å²) < 4.78 is 64.7. The maximum atomic E-state index is 13.4. The molecule has 2 unspecified atom stereocenters. The number of fused-ring (bicyclic) bond motifs is 1. The second-order valence-electron chi connectivity index (χ2n) is 7.86. The molecule has 0 radical (unpaired) electrons. The predicted molar refractivity (Wildman–Crippen MR) is 108 cm³/mol. The summed E-state index contributed by atoms with van der Waals surface area (Å²) in [4.78, 5) is 18.6. The number of nitrogens with one attached hydrogen (secondary N) is 1. The van der Waals surface area contributed by atoms with E-state index in [4.69, 9.17) is 0 Å². The van der Waals surface area contributed by atoms with Crippen LogP contribution >= 0.6 is 0 Å². The highest BCUT2D eigenvalue weighted by atomic mass is 32.2. The molecule has 2 aliphatic rings. The molecule has 1 aromatic heterocycles. The lowest BCUT2D eigenvalue weighted by molar-refractivity contribution is -0.137. The van der Waals surface area contributed by atoms with Gasteiger partial charge < -0.3 is 10.2 Å². The molecule has 2 aliphatic heterocycles. The standard InChI is InChI=1S/C21H22F3N3O3S/c22-21(23,24)16-7-3-10-25-19(16)27-11-4-5-14(13-27)20(28)26-17-9-12-31(29,30)18-8-2-1-6-15(17)18/h1-3,6-8,10,14,17H,4-5,9,11-13H2,(H,26,28). The Morgan fingerprint density at radius 3 is 2.68 bits per heavy atom. The van der Waals surface area contributed by atoms with E-state index in [2.05, 4.69) is 10.3 Å². The Kier molecular flexibility index (Phi) is 5.67. The molecule has 1 fully saturated rings. The molecule has 1 aromatic carbocycles. The van der Waals surface area contributed by atoms with Crippen LogP contribution in [0.25, 0.3) is 0 Å². The third kappa shape index (κ3) is 4.39. The molecule has 2 aromatic rings. The molecule has 1 saturated heterocycles. The first-order valence-corrected chi connectivity index (χ1v) is 11.7. The Labute approximate surface area is 178 Å². The number of halogens is 3. The summed E-state index contributed by atoms with van der Waals surface area (Å²) >= 11 is 0. The van der Waals surface area contributed by atoms with Gasteiger partial charge in [0.15, 0.2) is 9.84 Å². The molecule has 166 valence electrons. The van der Waals surface area contributed by atoms with Crippen molar-refractivity contribution in [2.24, 2.45) is 5.92 Å².